The van der Waals surface area contributed by atoms with Crippen molar-refractivity contribution in [1.29, 1.82) is 0 Å². The Hall–Kier alpha value is -3.06. The van der Waals surface area contributed by atoms with Gasteiger partial charge in [0.1, 0.15) is 23.7 Å². The molecule has 1 saturated heterocycles. The second-order valence-corrected chi connectivity index (χ2v) is 9.47. The molecule has 2 aliphatic heterocycles. The van der Waals surface area contributed by atoms with Crippen LogP contribution in [0.5, 0.6) is 11.5 Å². The number of nitrogens with zero attached hydrogens (tertiary/aromatic N) is 2. The van der Waals surface area contributed by atoms with Crippen LogP contribution in [-0.4, -0.2) is 73.2 Å². The minimum atomic E-state index is -0.359. The molecule has 0 saturated carbocycles. The Morgan fingerprint density at radius 2 is 1.61 bits per heavy atom. The van der Waals surface area contributed by atoms with E-state index in [4.69, 9.17) is 14.2 Å². The molecule has 0 spiro atoms. The summed E-state index contributed by atoms with van der Waals surface area (Å²) < 4.78 is 18.3. The molecule has 0 N–H and O–H groups in total. The molecule has 2 amide bonds. The molecule has 1 fully saturated rings. The summed E-state index contributed by atoms with van der Waals surface area (Å²) in [5.74, 6) is 1.09. The number of hydrogen-bond donors (Lipinski definition) is 0. The summed E-state index contributed by atoms with van der Waals surface area (Å²) in [6, 6.07) is 16.7. The lowest BCUT2D eigenvalue weighted by molar-refractivity contribution is -0.132. The third-order valence-corrected chi connectivity index (χ3v) is 6.89. The minimum absolute atomic E-state index is 0.0140. The van der Waals surface area contributed by atoms with Crippen LogP contribution in [0, 0.1) is 0 Å². The van der Waals surface area contributed by atoms with Crippen LogP contribution in [0.25, 0.3) is 0 Å². The molecular formula is C29H38N2O5. The first-order chi connectivity index (χ1) is 17.7. The number of hydrogen-bond acceptors (Lipinski definition) is 5. The summed E-state index contributed by atoms with van der Waals surface area (Å²) in [4.78, 5) is 30.0. The van der Waals surface area contributed by atoms with Crippen LogP contribution in [0.1, 0.15) is 55.8 Å². The Labute approximate surface area is 214 Å². The highest BCUT2D eigenvalue weighted by Gasteiger charge is 2.38. The van der Waals surface area contributed by atoms with Crippen molar-refractivity contribution in [2.75, 3.05) is 39.4 Å². The number of carbonyl (C=O) groups excluding carboxylic acids is 2. The van der Waals surface area contributed by atoms with Crippen LogP contribution in [0.2, 0.25) is 0 Å². The summed E-state index contributed by atoms with van der Waals surface area (Å²) in [6.07, 6.45) is 5.95. The Bertz CT molecular complexity index is 983. The number of rotatable bonds is 4. The summed E-state index contributed by atoms with van der Waals surface area (Å²) in [7, 11) is 0. The van der Waals surface area contributed by atoms with Crippen molar-refractivity contribution in [1.82, 2.24) is 9.80 Å². The molecule has 0 aromatic heterocycles. The zero-order valence-corrected chi connectivity index (χ0v) is 21.3. The monoisotopic (exact) mass is 494 g/mol. The van der Waals surface area contributed by atoms with E-state index in [1.54, 1.807) is 4.90 Å². The van der Waals surface area contributed by atoms with Crippen LogP contribution in [0.4, 0.5) is 0 Å². The molecule has 2 aliphatic rings. The highest BCUT2D eigenvalue weighted by atomic mass is 16.5. The summed E-state index contributed by atoms with van der Waals surface area (Å²) in [5.41, 5.74) is 0.558. The van der Waals surface area contributed by atoms with Gasteiger partial charge in [0.15, 0.2) is 6.61 Å². The van der Waals surface area contributed by atoms with Crippen LogP contribution in [0.3, 0.4) is 0 Å². The molecule has 0 aliphatic carbocycles. The van der Waals surface area contributed by atoms with Gasteiger partial charge in [-0.25, -0.2) is 0 Å². The van der Waals surface area contributed by atoms with Crippen molar-refractivity contribution in [3.63, 3.8) is 0 Å². The molecule has 2 atom stereocenters. The van der Waals surface area contributed by atoms with Crippen molar-refractivity contribution in [3.8, 4) is 11.5 Å². The van der Waals surface area contributed by atoms with E-state index in [9.17, 15) is 9.59 Å². The van der Waals surface area contributed by atoms with E-state index >= 15 is 0 Å². The van der Waals surface area contributed by atoms with Gasteiger partial charge in [-0.05, 0) is 44.0 Å². The Balaban J connectivity index is 1.49. The fourth-order valence-electron chi connectivity index (χ4n) is 4.80. The van der Waals surface area contributed by atoms with Gasteiger partial charge in [-0.2, -0.15) is 0 Å². The fraction of sp³-hybridized carbons (Fsp3) is 0.517. The first-order valence-electron chi connectivity index (χ1n) is 13.3. The molecule has 0 bridgehead atoms. The quantitative estimate of drug-likeness (QED) is 0.624. The predicted octanol–water partition coefficient (Wildman–Crippen LogP) is 4.56. The average molecular weight is 495 g/mol. The lowest BCUT2D eigenvalue weighted by Gasteiger charge is -2.25. The van der Waals surface area contributed by atoms with Gasteiger partial charge in [0.05, 0.1) is 18.7 Å². The van der Waals surface area contributed by atoms with E-state index in [1.165, 1.54) is 6.42 Å². The zero-order valence-electron chi connectivity index (χ0n) is 21.3. The van der Waals surface area contributed by atoms with Crippen molar-refractivity contribution in [3.05, 3.63) is 60.2 Å². The van der Waals surface area contributed by atoms with Gasteiger partial charge in [0, 0.05) is 19.7 Å². The average Bonchev–Trinajstić information content (AvgIpc) is 3.31. The topological polar surface area (TPSA) is 68.3 Å². The first kappa shape index (κ1) is 26.0. The first-order valence-corrected chi connectivity index (χ1v) is 13.3. The molecule has 2 aromatic rings. The van der Waals surface area contributed by atoms with Crippen molar-refractivity contribution in [2.45, 2.75) is 57.7 Å². The van der Waals surface area contributed by atoms with Crippen LogP contribution >= 0.6 is 0 Å². The highest BCUT2D eigenvalue weighted by Crippen LogP contribution is 2.26. The molecular weight excluding hydrogens is 456 g/mol. The number of carbonyl (C=O) groups is 2. The largest absolute Gasteiger partial charge is 0.485 e. The molecule has 2 aromatic carbocycles. The van der Waals surface area contributed by atoms with Crippen molar-refractivity contribution >= 4 is 11.8 Å². The molecule has 4 rings (SSSR count). The van der Waals surface area contributed by atoms with E-state index in [1.807, 2.05) is 66.4 Å². The number of benzene rings is 2. The third kappa shape index (κ3) is 7.00. The second-order valence-electron chi connectivity index (χ2n) is 9.47. The maximum absolute atomic E-state index is 13.4. The van der Waals surface area contributed by atoms with Crippen molar-refractivity contribution < 1.29 is 23.8 Å². The Kier molecular flexibility index (Phi) is 9.61. The number of amides is 2. The van der Waals surface area contributed by atoms with Crippen molar-refractivity contribution in [2.24, 2.45) is 0 Å². The molecule has 0 radical (unpaired) electrons. The lowest BCUT2D eigenvalue weighted by atomic mass is 10.1. The number of likely N-dealkylation sites (tertiary alicyclic amines) is 1. The summed E-state index contributed by atoms with van der Waals surface area (Å²) in [6.45, 7) is 4.86. The maximum atomic E-state index is 13.4. The third-order valence-electron chi connectivity index (χ3n) is 6.89. The number of fused-ring (bicyclic) bond motifs is 2. The molecule has 36 heavy (non-hydrogen) atoms. The van der Waals surface area contributed by atoms with Crippen LogP contribution < -0.4 is 9.47 Å². The molecule has 2 heterocycles. The molecule has 0 unspecified atom stereocenters. The van der Waals surface area contributed by atoms with Gasteiger partial charge in [-0.15, -0.1) is 0 Å². The second kappa shape index (κ2) is 13.3. The standard InChI is InChI=1S/C29H38N2O5/c1-2-30-18-12-5-3-4-6-13-19-34-26-20-31(28(32)22-35-23-14-8-7-9-15-23)21-27(26)36-25-17-11-10-16-24(25)29(30)33/h7-11,14-17,26-27H,2-6,12-13,18-22H2,1H3/t26-,27-/m1/s1. The van der Waals surface area contributed by atoms with Gasteiger partial charge < -0.3 is 24.0 Å². The maximum Gasteiger partial charge on any atom is 0.260 e. The van der Waals surface area contributed by atoms with Gasteiger partial charge in [0.2, 0.25) is 0 Å². The Morgan fingerprint density at radius 1 is 0.917 bits per heavy atom. The Morgan fingerprint density at radius 3 is 2.42 bits per heavy atom. The van der Waals surface area contributed by atoms with Gasteiger partial charge in [-0.3, -0.25) is 9.59 Å². The van der Waals surface area contributed by atoms with E-state index in [2.05, 4.69) is 0 Å². The van der Waals surface area contributed by atoms with Crippen LogP contribution in [-0.2, 0) is 9.53 Å². The highest BCUT2D eigenvalue weighted by molar-refractivity contribution is 5.97. The lowest BCUT2D eigenvalue weighted by Crippen LogP contribution is -2.35. The van der Waals surface area contributed by atoms with Gasteiger partial charge in [-0.1, -0.05) is 56.0 Å². The van der Waals surface area contributed by atoms with E-state index < -0.39 is 0 Å². The van der Waals surface area contributed by atoms with E-state index in [0.29, 0.717) is 43.3 Å². The summed E-state index contributed by atoms with van der Waals surface area (Å²) in [5, 5.41) is 0. The fourth-order valence-corrected chi connectivity index (χ4v) is 4.80. The molecule has 194 valence electrons. The minimum Gasteiger partial charge on any atom is -0.485 e. The number of para-hydroxylation sites is 2. The van der Waals surface area contributed by atoms with E-state index in [0.717, 1.165) is 38.6 Å². The SMILES string of the molecule is CCN1CCCCCCCCO[C@@H]2CN(C(=O)COc3ccccc3)C[C@H]2Oc2ccccc2C1=O. The zero-order chi connectivity index (χ0) is 25.2. The summed E-state index contributed by atoms with van der Waals surface area (Å²) >= 11 is 0. The van der Waals surface area contributed by atoms with Crippen LogP contribution in [0.15, 0.2) is 54.6 Å². The smallest absolute Gasteiger partial charge is 0.260 e. The normalized spacial score (nSPS) is 21.9. The molecule has 7 nitrogen and oxygen atoms in total. The molecule has 7 heteroatoms. The predicted molar refractivity (Wildman–Crippen MR) is 138 cm³/mol. The number of ether oxygens (including phenoxy) is 3. The van der Waals surface area contributed by atoms with E-state index in [-0.39, 0.29) is 30.6 Å². The van der Waals surface area contributed by atoms with Gasteiger partial charge in [0.25, 0.3) is 11.8 Å². The van der Waals surface area contributed by atoms with Gasteiger partial charge >= 0.3 is 0 Å².